The number of hydrogen-bond acceptors (Lipinski definition) is 1. The van der Waals surface area contributed by atoms with Crippen molar-refractivity contribution in [3.05, 3.63) is 71.1 Å². The fraction of sp³-hybridized carbons (Fsp3) is 0.188. The molecule has 0 radical (unpaired) electrons. The average molecular weight is 221 g/mol. The van der Waals surface area contributed by atoms with Gasteiger partial charge in [0.05, 0.1) is 0 Å². The number of pyridine rings is 1. The van der Waals surface area contributed by atoms with E-state index in [0.29, 0.717) is 5.92 Å². The van der Waals surface area contributed by atoms with Gasteiger partial charge in [-0.25, -0.2) is 0 Å². The maximum absolute atomic E-state index is 4.07. The van der Waals surface area contributed by atoms with Crippen LogP contribution < -0.4 is 0 Å². The molecule has 0 fully saturated rings. The molecule has 0 saturated carbocycles. The number of allylic oxidation sites excluding steroid dienone is 1. The van der Waals surface area contributed by atoms with Crippen LogP contribution in [0.3, 0.4) is 0 Å². The molecule has 17 heavy (non-hydrogen) atoms. The van der Waals surface area contributed by atoms with Crippen LogP contribution in [0.4, 0.5) is 0 Å². The molecule has 0 bridgehead atoms. The number of hydrogen-bond donors (Lipinski definition) is 0. The zero-order valence-corrected chi connectivity index (χ0v) is 9.93. The first-order valence-electron chi connectivity index (χ1n) is 6.00. The minimum Gasteiger partial charge on any atom is -0.265 e. The molecule has 84 valence electrons. The zero-order valence-electron chi connectivity index (χ0n) is 9.93. The Balaban J connectivity index is 1.94. The summed E-state index contributed by atoms with van der Waals surface area (Å²) in [4.78, 5) is 4.07. The monoisotopic (exact) mass is 221 g/mol. The van der Waals surface area contributed by atoms with E-state index in [2.05, 4.69) is 54.4 Å². The predicted molar refractivity (Wildman–Crippen MR) is 70.9 cm³/mol. The molecular formula is C16H15N. The number of rotatable bonds is 1. The van der Waals surface area contributed by atoms with Gasteiger partial charge in [0, 0.05) is 18.3 Å². The Morgan fingerprint density at radius 2 is 1.94 bits per heavy atom. The van der Waals surface area contributed by atoms with E-state index in [-0.39, 0.29) is 0 Å². The summed E-state index contributed by atoms with van der Waals surface area (Å²) < 4.78 is 0. The maximum Gasteiger partial charge on any atom is 0.0270 e. The van der Waals surface area contributed by atoms with Gasteiger partial charge in [0.25, 0.3) is 0 Å². The maximum atomic E-state index is 4.07. The van der Waals surface area contributed by atoms with Gasteiger partial charge in [-0.1, -0.05) is 35.9 Å². The van der Waals surface area contributed by atoms with Crippen molar-refractivity contribution in [1.29, 1.82) is 0 Å². The number of aromatic nitrogens is 1. The summed E-state index contributed by atoms with van der Waals surface area (Å²) in [5, 5.41) is 0. The van der Waals surface area contributed by atoms with E-state index in [9.17, 15) is 0 Å². The molecule has 1 heteroatoms. The molecule has 0 amide bonds. The lowest BCUT2D eigenvalue weighted by Crippen LogP contribution is -2.05. The second-order valence-corrected chi connectivity index (χ2v) is 4.65. The Bertz CT molecular complexity index is 555. The van der Waals surface area contributed by atoms with Crippen LogP contribution in [0, 0.1) is 6.92 Å². The van der Waals surface area contributed by atoms with Crippen LogP contribution in [0.15, 0.2) is 48.8 Å². The molecule has 1 heterocycles. The molecule has 1 unspecified atom stereocenters. The van der Waals surface area contributed by atoms with Gasteiger partial charge in [0.15, 0.2) is 0 Å². The largest absolute Gasteiger partial charge is 0.265 e. The molecule has 0 aliphatic heterocycles. The van der Waals surface area contributed by atoms with E-state index in [1.54, 1.807) is 0 Å². The molecule has 3 rings (SSSR count). The first-order chi connectivity index (χ1) is 8.33. The second kappa shape index (κ2) is 4.17. The van der Waals surface area contributed by atoms with E-state index in [1.807, 2.05) is 12.4 Å². The molecule has 0 N–H and O–H groups in total. The molecule has 1 aromatic carbocycles. The molecule has 2 aromatic rings. The van der Waals surface area contributed by atoms with E-state index >= 15 is 0 Å². The van der Waals surface area contributed by atoms with E-state index < -0.39 is 0 Å². The Hall–Kier alpha value is -1.89. The zero-order chi connectivity index (χ0) is 11.7. The van der Waals surface area contributed by atoms with Crippen molar-refractivity contribution in [2.45, 2.75) is 19.3 Å². The predicted octanol–water partition coefficient (Wildman–Crippen LogP) is 3.74. The van der Waals surface area contributed by atoms with Gasteiger partial charge in [-0.05, 0) is 42.2 Å². The highest BCUT2D eigenvalue weighted by Crippen LogP contribution is 2.30. The minimum atomic E-state index is 0.494. The van der Waals surface area contributed by atoms with Gasteiger partial charge in [-0.15, -0.1) is 0 Å². The lowest BCUT2D eigenvalue weighted by atomic mass is 9.85. The Morgan fingerprint density at radius 3 is 2.76 bits per heavy atom. The molecule has 1 nitrogen and oxygen atoms in total. The first kappa shape index (κ1) is 10.3. The smallest absolute Gasteiger partial charge is 0.0270 e. The van der Waals surface area contributed by atoms with Gasteiger partial charge in [-0.3, -0.25) is 4.98 Å². The number of fused-ring (bicyclic) bond motifs is 1. The van der Waals surface area contributed by atoms with Crippen LogP contribution in [0.2, 0.25) is 0 Å². The Labute approximate surface area is 102 Å². The molecule has 1 aliphatic rings. The number of aryl methyl sites for hydroxylation is 1. The van der Waals surface area contributed by atoms with Gasteiger partial charge < -0.3 is 0 Å². The standard InChI is InChI=1S/C16H15N/c1-12-2-3-16-11-15(5-4-14(16)10-12)13-6-8-17-9-7-13/h2-10,15H,11H2,1H3. The SMILES string of the molecule is Cc1ccc2c(c1)C=CC(c1ccncc1)C2. The third-order valence-corrected chi connectivity index (χ3v) is 3.38. The summed E-state index contributed by atoms with van der Waals surface area (Å²) in [5.41, 5.74) is 5.49. The lowest BCUT2D eigenvalue weighted by molar-refractivity contribution is 0.824. The third kappa shape index (κ3) is 2.01. The normalized spacial score (nSPS) is 17.8. The summed E-state index contributed by atoms with van der Waals surface area (Å²) in [7, 11) is 0. The van der Waals surface area contributed by atoms with Crippen LogP contribution in [-0.4, -0.2) is 4.98 Å². The fourth-order valence-corrected chi connectivity index (χ4v) is 2.42. The molecule has 1 aliphatic carbocycles. The van der Waals surface area contributed by atoms with Crippen molar-refractivity contribution in [2.75, 3.05) is 0 Å². The van der Waals surface area contributed by atoms with Gasteiger partial charge in [0.2, 0.25) is 0 Å². The highest BCUT2D eigenvalue weighted by molar-refractivity contribution is 5.59. The van der Waals surface area contributed by atoms with Crippen LogP contribution in [-0.2, 0) is 6.42 Å². The number of benzene rings is 1. The average Bonchev–Trinajstić information content (AvgIpc) is 2.39. The molecule has 0 saturated heterocycles. The van der Waals surface area contributed by atoms with E-state index in [1.165, 1.54) is 22.3 Å². The van der Waals surface area contributed by atoms with Crippen molar-refractivity contribution in [3.8, 4) is 0 Å². The van der Waals surface area contributed by atoms with E-state index in [4.69, 9.17) is 0 Å². The second-order valence-electron chi connectivity index (χ2n) is 4.65. The van der Waals surface area contributed by atoms with E-state index in [0.717, 1.165) is 6.42 Å². The molecule has 0 spiro atoms. The van der Waals surface area contributed by atoms with Crippen molar-refractivity contribution >= 4 is 6.08 Å². The molecule has 1 atom stereocenters. The fourth-order valence-electron chi connectivity index (χ4n) is 2.42. The highest BCUT2D eigenvalue weighted by Gasteiger charge is 2.15. The molecule has 1 aromatic heterocycles. The lowest BCUT2D eigenvalue weighted by Gasteiger charge is -2.20. The third-order valence-electron chi connectivity index (χ3n) is 3.38. The van der Waals surface area contributed by atoms with Gasteiger partial charge >= 0.3 is 0 Å². The highest BCUT2D eigenvalue weighted by atomic mass is 14.6. The van der Waals surface area contributed by atoms with Crippen molar-refractivity contribution in [1.82, 2.24) is 4.98 Å². The summed E-state index contributed by atoms with van der Waals surface area (Å²) in [6.07, 6.45) is 9.38. The quantitative estimate of drug-likeness (QED) is 0.714. The van der Waals surface area contributed by atoms with Gasteiger partial charge in [-0.2, -0.15) is 0 Å². The molecular weight excluding hydrogens is 206 g/mol. The van der Waals surface area contributed by atoms with Crippen molar-refractivity contribution in [2.24, 2.45) is 0 Å². The first-order valence-corrected chi connectivity index (χ1v) is 6.00. The Kier molecular flexibility index (Phi) is 2.52. The van der Waals surface area contributed by atoms with Crippen molar-refractivity contribution < 1.29 is 0 Å². The summed E-state index contributed by atoms with van der Waals surface area (Å²) in [6.45, 7) is 2.14. The van der Waals surface area contributed by atoms with Crippen LogP contribution in [0.5, 0.6) is 0 Å². The summed E-state index contributed by atoms with van der Waals surface area (Å²) in [5.74, 6) is 0.494. The topological polar surface area (TPSA) is 12.9 Å². The van der Waals surface area contributed by atoms with Gasteiger partial charge in [0.1, 0.15) is 0 Å². The van der Waals surface area contributed by atoms with Crippen LogP contribution in [0.25, 0.3) is 6.08 Å². The summed E-state index contributed by atoms with van der Waals surface area (Å²) in [6, 6.07) is 10.9. The van der Waals surface area contributed by atoms with Crippen molar-refractivity contribution in [3.63, 3.8) is 0 Å². The van der Waals surface area contributed by atoms with Crippen LogP contribution >= 0.6 is 0 Å². The van der Waals surface area contributed by atoms with Crippen LogP contribution in [0.1, 0.15) is 28.2 Å². The number of nitrogens with zero attached hydrogens (tertiary/aromatic N) is 1. The minimum absolute atomic E-state index is 0.494. The Morgan fingerprint density at radius 1 is 1.12 bits per heavy atom. The summed E-state index contributed by atoms with van der Waals surface area (Å²) >= 11 is 0.